The fraction of sp³-hybridized carbons (Fsp3) is 0.844. The van der Waals surface area contributed by atoms with Gasteiger partial charge >= 0.3 is 17.9 Å². The number of hydrogen-bond donors (Lipinski definition) is 1. The molecule has 54 heavy (non-hydrogen) atoms. The zero-order chi connectivity index (χ0) is 39.2. The number of hydrogen-bond acceptors (Lipinski definition) is 7. The molecule has 1 aromatic rings. The summed E-state index contributed by atoms with van der Waals surface area (Å²) in [5.41, 5.74) is 2.33. The van der Waals surface area contributed by atoms with E-state index in [0.29, 0.717) is 36.3 Å². The predicted molar refractivity (Wildman–Crippen MR) is 209 cm³/mol. The smallest absolute Gasteiger partial charge is 0.328 e. The molecule has 0 aromatic carbocycles. The third-order valence-corrected chi connectivity index (χ3v) is 16.5. The molecule has 9 nitrogen and oxygen atoms in total. The van der Waals surface area contributed by atoms with Crippen LogP contribution >= 0.6 is 0 Å². The number of rotatable bonds is 14. The number of carbonyl (C=O) groups excluding carboxylic acids is 2. The first-order valence-corrected chi connectivity index (χ1v) is 21.6. The molecule has 8 atom stereocenters. The van der Waals surface area contributed by atoms with Gasteiger partial charge in [-0.2, -0.15) is 0 Å². The fourth-order valence-electron chi connectivity index (χ4n) is 13.2. The van der Waals surface area contributed by atoms with Crippen molar-refractivity contribution in [2.75, 3.05) is 0 Å². The van der Waals surface area contributed by atoms with Crippen LogP contribution in [0.15, 0.2) is 17.8 Å². The van der Waals surface area contributed by atoms with Gasteiger partial charge in [0.25, 0.3) is 0 Å². The molecule has 0 amide bonds. The van der Waals surface area contributed by atoms with Crippen molar-refractivity contribution < 1.29 is 29.0 Å². The van der Waals surface area contributed by atoms with Crippen LogP contribution in [0.1, 0.15) is 177 Å². The lowest BCUT2D eigenvalue weighted by molar-refractivity contribution is -0.213. The molecule has 0 spiro atoms. The van der Waals surface area contributed by atoms with Crippen LogP contribution in [0.25, 0.3) is 0 Å². The maximum atomic E-state index is 13.4. The molecular formula is C45H71N3O6. The lowest BCUT2D eigenvalue weighted by Gasteiger charge is -2.71. The lowest BCUT2D eigenvalue weighted by atomic mass is 9.33. The van der Waals surface area contributed by atoms with Crippen LogP contribution in [0, 0.1) is 50.2 Å². The Kier molecular flexibility index (Phi) is 11.6. The summed E-state index contributed by atoms with van der Waals surface area (Å²) in [5.74, 6) is 0.105. The van der Waals surface area contributed by atoms with Crippen molar-refractivity contribution in [2.24, 2.45) is 50.2 Å². The standard InChI is InChI=1S/C45H71N3O6/c1-9-10-11-12-13-14-15-38(51)53-30-31-28-48(47-46-31)29-39(52)54-36-19-20-42(6)34(41(36,4)5)18-21-44(8)35(42)17-16-32-33-26-40(2,3)22-24-45(33,27-37(49)50)25-23-43(32,44)7/h16,28,33-36H,9-15,17-27,29-30H2,1-8H3,(H,49,50)/t33-,34?,35-,36+,42+,43-,44-,45-/m1/s1. The highest BCUT2D eigenvalue weighted by molar-refractivity contribution is 5.70. The monoisotopic (exact) mass is 750 g/mol. The van der Waals surface area contributed by atoms with E-state index in [1.54, 1.807) is 11.8 Å². The molecule has 9 heteroatoms. The minimum atomic E-state index is -0.640. The highest BCUT2D eigenvalue weighted by Gasteiger charge is 2.68. The second-order valence-corrected chi connectivity index (χ2v) is 20.6. The molecule has 0 aliphatic heterocycles. The Hall–Kier alpha value is -2.71. The van der Waals surface area contributed by atoms with Crippen LogP contribution in [0.5, 0.6) is 0 Å². The molecule has 6 rings (SSSR count). The summed E-state index contributed by atoms with van der Waals surface area (Å²) >= 11 is 0. The molecule has 5 aliphatic carbocycles. The first-order chi connectivity index (χ1) is 25.4. The summed E-state index contributed by atoms with van der Waals surface area (Å²) in [5, 5.41) is 18.4. The molecule has 4 saturated carbocycles. The number of esters is 2. The number of allylic oxidation sites excluding steroid dienone is 2. The van der Waals surface area contributed by atoms with Gasteiger partial charge in [-0.15, -0.1) is 5.10 Å². The van der Waals surface area contributed by atoms with Gasteiger partial charge in [0, 0.05) is 11.8 Å². The van der Waals surface area contributed by atoms with Crippen LogP contribution in [0.2, 0.25) is 0 Å². The summed E-state index contributed by atoms with van der Waals surface area (Å²) in [4.78, 5) is 37.9. The molecule has 5 aliphatic rings. The Morgan fingerprint density at radius 3 is 2.33 bits per heavy atom. The average Bonchev–Trinajstić information content (AvgIpc) is 3.54. The second kappa shape index (κ2) is 15.3. The zero-order valence-electron chi connectivity index (χ0n) is 34.9. The van der Waals surface area contributed by atoms with E-state index in [0.717, 1.165) is 83.5 Å². The van der Waals surface area contributed by atoms with Gasteiger partial charge in [0.1, 0.15) is 24.9 Å². The number of carboxylic acids is 1. The number of ether oxygens (including phenoxy) is 2. The van der Waals surface area contributed by atoms with E-state index < -0.39 is 5.97 Å². The molecule has 4 fully saturated rings. The van der Waals surface area contributed by atoms with E-state index in [4.69, 9.17) is 9.47 Å². The fourth-order valence-corrected chi connectivity index (χ4v) is 13.2. The van der Waals surface area contributed by atoms with Crippen LogP contribution in [-0.4, -0.2) is 44.1 Å². The Balaban J connectivity index is 1.09. The van der Waals surface area contributed by atoms with Gasteiger partial charge in [-0.25, -0.2) is 4.68 Å². The van der Waals surface area contributed by atoms with Crippen LogP contribution in [0.3, 0.4) is 0 Å². The summed E-state index contributed by atoms with van der Waals surface area (Å²) < 4.78 is 13.2. The molecule has 1 unspecified atom stereocenters. The van der Waals surface area contributed by atoms with Crippen LogP contribution in [-0.2, 0) is 37.0 Å². The number of fused-ring (bicyclic) bond motifs is 7. The normalized spacial score (nSPS) is 36.4. The second-order valence-electron chi connectivity index (χ2n) is 20.6. The molecule has 302 valence electrons. The van der Waals surface area contributed by atoms with Gasteiger partial charge in [0.2, 0.25) is 0 Å². The number of carboxylic acid groups (broad SMARTS) is 1. The number of unbranched alkanes of at least 4 members (excludes halogenated alkanes) is 5. The summed E-state index contributed by atoms with van der Waals surface area (Å²) in [6.07, 6.45) is 22.0. The Morgan fingerprint density at radius 2 is 1.59 bits per heavy atom. The molecule has 1 aromatic heterocycles. The van der Waals surface area contributed by atoms with Crippen molar-refractivity contribution in [3.05, 3.63) is 23.5 Å². The van der Waals surface area contributed by atoms with Crippen molar-refractivity contribution >= 4 is 17.9 Å². The highest BCUT2D eigenvalue weighted by Crippen LogP contribution is 2.76. The molecule has 0 radical (unpaired) electrons. The van der Waals surface area contributed by atoms with Gasteiger partial charge in [-0.05, 0) is 115 Å². The summed E-state index contributed by atoms with van der Waals surface area (Å²) in [7, 11) is 0. The average molecular weight is 750 g/mol. The SMILES string of the molecule is CCCCCCCCC(=O)OCc1cn(CC(=O)O[C@H]2CC[C@@]3(C)C(CC[C@]4(C)[C@@H]3CC=C3[C@H]5CC(C)(C)CC[C@]5(CC(=O)O)CC[C@]34C)C2(C)C)nn1. The number of aliphatic carboxylic acids is 1. The topological polar surface area (TPSA) is 121 Å². The number of carbonyl (C=O) groups is 3. The summed E-state index contributed by atoms with van der Waals surface area (Å²) in [6, 6.07) is 0. The zero-order valence-corrected chi connectivity index (χ0v) is 34.9. The minimum Gasteiger partial charge on any atom is -0.481 e. The number of nitrogens with zero attached hydrogens (tertiary/aromatic N) is 3. The first kappa shape index (κ1) is 40.9. The van der Waals surface area contributed by atoms with Crippen molar-refractivity contribution in [1.82, 2.24) is 15.0 Å². The van der Waals surface area contributed by atoms with Crippen molar-refractivity contribution in [3.63, 3.8) is 0 Å². The predicted octanol–water partition coefficient (Wildman–Crippen LogP) is 10.3. The van der Waals surface area contributed by atoms with Gasteiger partial charge in [-0.1, -0.05) is 104 Å². The van der Waals surface area contributed by atoms with Gasteiger partial charge in [-0.3, -0.25) is 14.4 Å². The molecule has 0 bridgehead atoms. The van der Waals surface area contributed by atoms with E-state index in [-0.39, 0.29) is 63.7 Å². The molecule has 1 N–H and O–H groups in total. The van der Waals surface area contributed by atoms with Crippen LogP contribution < -0.4 is 0 Å². The first-order valence-electron chi connectivity index (χ1n) is 21.6. The summed E-state index contributed by atoms with van der Waals surface area (Å²) in [6.45, 7) is 19.3. The third kappa shape index (κ3) is 7.56. The number of aromatic nitrogens is 3. The van der Waals surface area contributed by atoms with E-state index >= 15 is 0 Å². The van der Waals surface area contributed by atoms with Crippen molar-refractivity contribution in [1.29, 1.82) is 0 Å². The van der Waals surface area contributed by atoms with Gasteiger partial charge < -0.3 is 14.6 Å². The maximum absolute atomic E-state index is 13.4. The van der Waals surface area contributed by atoms with Crippen molar-refractivity contribution in [3.8, 4) is 0 Å². The largest absolute Gasteiger partial charge is 0.481 e. The van der Waals surface area contributed by atoms with Crippen molar-refractivity contribution in [2.45, 2.75) is 190 Å². The molecule has 1 heterocycles. The Morgan fingerprint density at radius 1 is 0.870 bits per heavy atom. The Labute approximate surface area is 325 Å². The van der Waals surface area contributed by atoms with E-state index in [1.165, 1.54) is 23.9 Å². The van der Waals surface area contributed by atoms with Crippen LogP contribution in [0.4, 0.5) is 0 Å². The lowest BCUT2D eigenvalue weighted by Crippen LogP contribution is -2.65. The van der Waals surface area contributed by atoms with E-state index in [9.17, 15) is 19.5 Å². The van der Waals surface area contributed by atoms with Gasteiger partial charge in [0.05, 0.1) is 12.6 Å². The molecule has 0 saturated heterocycles. The third-order valence-electron chi connectivity index (χ3n) is 16.5. The maximum Gasteiger partial charge on any atom is 0.328 e. The van der Waals surface area contributed by atoms with E-state index in [2.05, 4.69) is 71.8 Å². The molecular weight excluding hydrogens is 679 g/mol. The highest BCUT2D eigenvalue weighted by atomic mass is 16.5. The quantitative estimate of drug-likeness (QED) is 0.113. The van der Waals surface area contributed by atoms with E-state index in [1.807, 2.05) is 0 Å². The Bertz CT molecular complexity index is 1580. The minimum absolute atomic E-state index is 0.0266. The van der Waals surface area contributed by atoms with Gasteiger partial charge in [0.15, 0.2) is 0 Å².